The highest BCUT2D eigenvalue weighted by molar-refractivity contribution is 7.13. The van der Waals surface area contributed by atoms with Gasteiger partial charge in [-0.15, -0.1) is 0 Å². The number of anilines is 1. The van der Waals surface area contributed by atoms with Crippen molar-refractivity contribution in [2.45, 2.75) is 6.10 Å². The molecule has 1 amide bonds. The van der Waals surface area contributed by atoms with Crippen LogP contribution in [0, 0.1) is 0 Å². The predicted octanol–water partition coefficient (Wildman–Crippen LogP) is 1.28. The molecular formula is C17H22N4O2S. The number of ether oxygens (including phenoxy) is 1. The number of fused-ring (bicyclic) bond motifs is 1. The second-order valence-corrected chi connectivity index (χ2v) is 7.30. The molecule has 128 valence electrons. The quantitative estimate of drug-likeness (QED) is 0.838. The Labute approximate surface area is 145 Å². The number of rotatable bonds is 3. The van der Waals surface area contributed by atoms with Gasteiger partial charge in [0.05, 0.1) is 10.8 Å². The summed E-state index contributed by atoms with van der Waals surface area (Å²) in [5.41, 5.74) is 0. The van der Waals surface area contributed by atoms with Crippen LogP contribution in [0.2, 0.25) is 0 Å². The van der Waals surface area contributed by atoms with Gasteiger partial charge in [0.1, 0.15) is 12.4 Å². The monoisotopic (exact) mass is 346 g/mol. The molecule has 2 saturated heterocycles. The molecule has 7 heteroatoms. The van der Waals surface area contributed by atoms with Gasteiger partial charge in [-0.1, -0.05) is 12.1 Å². The summed E-state index contributed by atoms with van der Waals surface area (Å²) in [7, 11) is 1.85. The number of carbonyl (C=O) groups excluding carboxylic acids is 1. The minimum Gasteiger partial charge on any atom is -0.365 e. The molecule has 1 aromatic heterocycles. The fourth-order valence-electron chi connectivity index (χ4n) is 3.40. The number of benzene rings is 1. The minimum absolute atomic E-state index is 0.0754. The molecule has 1 atom stereocenters. The van der Waals surface area contributed by atoms with Gasteiger partial charge in [0.2, 0.25) is 5.91 Å². The number of likely N-dealkylation sites (N-methyl/N-ethyl adjacent to an activating group) is 1. The summed E-state index contributed by atoms with van der Waals surface area (Å²) in [6.45, 7) is 5.77. The van der Waals surface area contributed by atoms with Crippen molar-refractivity contribution in [3.63, 3.8) is 0 Å². The van der Waals surface area contributed by atoms with Crippen LogP contribution in [0.5, 0.6) is 0 Å². The Morgan fingerprint density at radius 2 is 2.04 bits per heavy atom. The number of morpholine rings is 1. The molecule has 2 fully saturated rings. The van der Waals surface area contributed by atoms with Gasteiger partial charge in [-0.2, -0.15) is 4.37 Å². The van der Waals surface area contributed by atoms with Crippen LogP contribution in [0.25, 0.3) is 10.1 Å². The molecule has 0 aliphatic carbocycles. The van der Waals surface area contributed by atoms with Gasteiger partial charge >= 0.3 is 0 Å². The van der Waals surface area contributed by atoms with Crippen molar-refractivity contribution in [1.29, 1.82) is 0 Å². The Morgan fingerprint density at radius 3 is 2.83 bits per heavy atom. The van der Waals surface area contributed by atoms with Gasteiger partial charge in [-0.25, -0.2) is 0 Å². The molecular weight excluding hydrogens is 324 g/mol. The highest BCUT2D eigenvalue weighted by Crippen LogP contribution is 2.29. The van der Waals surface area contributed by atoms with Crippen LogP contribution in [-0.4, -0.2) is 79.1 Å². The topological polar surface area (TPSA) is 48.9 Å². The van der Waals surface area contributed by atoms with Crippen molar-refractivity contribution in [3.05, 3.63) is 24.3 Å². The lowest BCUT2D eigenvalue weighted by molar-refractivity contribution is -0.147. The molecule has 4 rings (SSSR count). The maximum absolute atomic E-state index is 11.5. The molecule has 1 aromatic carbocycles. The van der Waals surface area contributed by atoms with Crippen molar-refractivity contribution in [1.82, 2.24) is 14.2 Å². The first-order valence-corrected chi connectivity index (χ1v) is 9.15. The van der Waals surface area contributed by atoms with Crippen LogP contribution >= 0.6 is 11.5 Å². The maximum Gasteiger partial charge on any atom is 0.248 e. The Bertz CT molecular complexity index is 726. The van der Waals surface area contributed by atoms with Crippen molar-refractivity contribution in [2.24, 2.45) is 0 Å². The zero-order valence-corrected chi connectivity index (χ0v) is 14.7. The number of carbonyl (C=O) groups is 1. The summed E-state index contributed by atoms with van der Waals surface area (Å²) >= 11 is 1.57. The van der Waals surface area contributed by atoms with E-state index >= 15 is 0 Å². The first-order valence-electron chi connectivity index (χ1n) is 8.38. The normalized spacial score (nSPS) is 23.2. The first kappa shape index (κ1) is 15.8. The lowest BCUT2D eigenvalue weighted by Gasteiger charge is -2.38. The van der Waals surface area contributed by atoms with E-state index in [4.69, 9.17) is 4.74 Å². The third kappa shape index (κ3) is 3.11. The molecule has 0 spiro atoms. The van der Waals surface area contributed by atoms with Crippen LogP contribution in [0.3, 0.4) is 0 Å². The third-order valence-electron chi connectivity index (χ3n) is 4.84. The number of piperazine rings is 1. The average Bonchev–Trinajstić information content (AvgIpc) is 3.03. The summed E-state index contributed by atoms with van der Waals surface area (Å²) in [4.78, 5) is 18.1. The van der Waals surface area contributed by atoms with Crippen LogP contribution in [-0.2, 0) is 9.53 Å². The lowest BCUT2D eigenvalue weighted by atomic mass is 10.2. The van der Waals surface area contributed by atoms with E-state index in [0.717, 1.165) is 38.5 Å². The first-order chi connectivity index (χ1) is 11.7. The third-order valence-corrected chi connectivity index (χ3v) is 5.65. The molecule has 6 nitrogen and oxygen atoms in total. The van der Waals surface area contributed by atoms with E-state index in [1.807, 2.05) is 7.05 Å². The van der Waals surface area contributed by atoms with Crippen LogP contribution in [0.15, 0.2) is 24.3 Å². The number of aromatic nitrogens is 1. The fraction of sp³-hybridized carbons (Fsp3) is 0.529. The molecule has 0 bridgehead atoms. The Kier molecular flexibility index (Phi) is 4.39. The summed E-state index contributed by atoms with van der Waals surface area (Å²) in [6.07, 6.45) is 0.124. The largest absolute Gasteiger partial charge is 0.365 e. The molecule has 3 heterocycles. The highest BCUT2D eigenvalue weighted by atomic mass is 32.1. The average molecular weight is 346 g/mol. The molecule has 0 saturated carbocycles. The van der Waals surface area contributed by atoms with Crippen molar-refractivity contribution in [3.8, 4) is 0 Å². The second-order valence-electron chi connectivity index (χ2n) is 6.50. The predicted molar refractivity (Wildman–Crippen MR) is 95.7 cm³/mol. The molecule has 1 unspecified atom stereocenters. The summed E-state index contributed by atoms with van der Waals surface area (Å²) in [6, 6.07) is 8.43. The lowest BCUT2D eigenvalue weighted by Crippen LogP contribution is -2.53. The zero-order chi connectivity index (χ0) is 16.5. The van der Waals surface area contributed by atoms with Crippen molar-refractivity contribution in [2.75, 3.05) is 57.8 Å². The van der Waals surface area contributed by atoms with E-state index in [9.17, 15) is 4.79 Å². The minimum atomic E-state index is 0.0754. The van der Waals surface area contributed by atoms with Crippen molar-refractivity contribution < 1.29 is 9.53 Å². The SMILES string of the molecule is CN1CC(CN2CCN(c3nsc4ccccc34)CC2)OCC1=O. The maximum atomic E-state index is 11.5. The van der Waals surface area contributed by atoms with Crippen LogP contribution in [0.4, 0.5) is 5.82 Å². The molecule has 2 aliphatic heterocycles. The Morgan fingerprint density at radius 1 is 1.25 bits per heavy atom. The number of hydrogen-bond acceptors (Lipinski definition) is 6. The Hall–Kier alpha value is -1.70. The van der Waals surface area contributed by atoms with E-state index in [2.05, 4.69) is 38.4 Å². The molecule has 0 N–H and O–H groups in total. The standard InChI is InChI=1S/C17H22N4O2S/c1-19-10-13(23-12-16(19)22)11-20-6-8-21(9-7-20)17-14-4-2-3-5-15(14)24-18-17/h2-5,13H,6-12H2,1H3. The van der Waals surface area contributed by atoms with Gasteiger partial charge in [0.15, 0.2) is 0 Å². The van der Waals surface area contributed by atoms with Gasteiger partial charge in [0.25, 0.3) is 0 Å². The smallest absolute Gasteiger partial charge is 0.248 e. The number of amides is 1. The van der Waals surface area contributed by atoms with Crippen LogP contribution in [0.1, 0.15) is 0 Å². The summed E-state index contributed by atoms with van der Waals surface area (Å²) < 4.78 is 11.6. The molecule has 0 radical (unpaired) electrons. The van der Waals surface area contributed by atoms with E-state index < -0.39 is 0 Å². The number of hydrogen-bond donors (Lipinski definition) is 0. The summed E-state index contributed by atoms with van der Waals surface area (Å²) in [5, 5.41) is 1.26. The van der Waals surface area contributed by atoms with E-state index in [0.29, 0.717) is 6.54 Å². The van der Waals surface area contributed by atoms with Crippen LogP contribution < -0.4 is 4.90 Å². The molecule has 24 heavy (non-hydrogen) atoms. The number of nitrogens with zero attached hydrogens (tertiary/aromatic N) is 4. The fourth-order valence-corrected chi connectivity index (χ4v) is 4.20. The molecule has 2 aromatic rings. The van der Waals surface area contributed by atoms with Gasteiger partial charge < -0.3 is 14.5 Å². The van der Waals surface area contributed by atoms with Gasteiger partial charge in [0, 0.05) is 51.7 Å². The zero-order valence-electron chi connectivity index (χ0n) is 13.9. The van der Waals surface area contributed by atoms with E-state index in [-0.39, 0.29) is 18.6 Å². The van der Waals surface area contributed by atoms with E-state index in [1.54, 1.807) is 16.4 Å². The Balaban J connectivity index is 1.34. The van der Waals surface area contributed by atoms with Gasteiger partial charge in [-0.3, -0.25) is 9.69 Å². The van der Waals surface area contributed by atoms with Crippen molar-refractivity contribution >= 4 is 33.3 Å². The summed E-state index contributed by atoms with van der Waals surface area (Å²) in [5.74, 6) is 1.20. The second kappa shape index (κ2) is 6.66. The highest BCUT2D eigenvalue weighted by Gasteiger charge is 2.27. The molecule has 2 aliphatic rings. The van der Waals surface area contributed by atoms with Gasteiger partial charge in [-0.05, 0) is 23.7 Å². The van der Waals surface area contributed by atoms with E-state index in [1.165, 1.54) is 10.1 Å².